The van der Waals surface area contributed by atoms with Crippen LogP contribution in [0.1, 0.15) is 12.5 Å². The highest BCUT2D eigenvalue weighted by molar-refractivity contribution is 5.66. The Morgan fingerprint density at radius 1 is 0.923 bits per heavy atom. The van der Waals surface area contributed by atoms with Gasteiger partial charge in [-0.1, -0.05) is 25.1 Å². The lowest BCUT2D eigenvalue weighted by Gasteiger charge is -2.13. The summed E-state index contributed by atoms with van der Waals surface area (Å²) in [5, 5.41) is 6.54. The molecule has 0 atom stereocenters. The number of rotatable bonds is 7. The van der Waals surface area contributed by atoms with Gasteiger partial charge in [-0.05, 0) is 36.2 Å². The summed E-state index contributed by atoms with van der Waals surface area (Å²) in [5.41, 5.74) is 3.01. The van der Waals surface area contributed by atoms with Gasteiger partial charge < -0.3 is 20.1 Å². The van der Waals surface area contributed by atoms with Crippen LogP contribution in [0.3, 0.4) is 0 Å². The van der Waals surface area contributed by atoms with E-state index in [0.717, 1.165) is 23.5 Å². The van der Waals surface area contributed by atoms with Gasteiger partial charge in [-0.2, -0.15) is 4.98 Å². The third-order valence-electron chi connectivity index (χ3n) is 3.97. The number of aryl methyl sites for hydroxylation is 1. The molecule has 0 saturated heterocycles. The fraction of sp³-hybridized carbons (Fsp3) is 0.200. The van der Waals surface area contributed by atoms with Crippen LogP contribution >= 0.6 is 0 Å². The third kappa shape index (κ3) is 4.03. The Morgan fingerprint density at radius 2 is 1.77 bits per heavy atom. The third-order valence-corrected chi connectivity index (χ3v) is 3.97. The summed E-state index contributed by atoms with van der Waals surface area (Å²) in [6.07, 6.45) is 2.65. The van der Waals surface area contributed by atoms with Crippen LogP contribution in [0.15, 0.2) is 54.7 Å². The number of para-hydroxylation sites is 1. The minimum Gasteiger partial charge on any atom is -0.497 e. The molecule has 0 bridgehead atoms. The van der Waals surface area contributed by atoms with Crippen LogP contribution in [0, 0.1) is 0 Å². The second-order valence-corrected chi connectivity index (χ2v) is 5.59. The van der Waals surface area contributed by atoms with Gasteiger partial charge in [-0.25, -0.2) is 4.98 Å². The van der Waals surface area contributed by atoms with E-state index < -0.39 is 0 Å². The Bertz CT molecular complexity index is 883. The Kier molecular flexibility index (Phi) is 5.53. The van der Waals surface area contributed by atoms with Crippen molar-refractivity contribution in [2.45, 2.75) is 13.3 Å². The van der Waals surface area contributed by atoms with Gasteiger partial charge in [0.1, 0.15) is 17.3 Å². The Hall–Kier alpha value is -3.28. The van der Waals surface area contributed by atoms with E-state index in [1.807, 2.05) is 42.5 Å². The maximum atomic E-state index is 5.38. The molecule has 2 aromatic carbocycles. The topological polar surface area (TPSA) is 68.3 Å². The van der Waals surface area contributed by atoms with E-state index in [0.29, 0.717) is 17.5 Å². The fourth-order valence-electron chi connectivity index (χ4n) is 2.61. The highest BCUT2D eigenvalue weighted by Gasteiger charge is 2.08. The van der Waals surface area contributed by atoms with E-state index >= 15 is 0 Å². The zero-order valence-corrected chi connectivity index (χ0v) is 15.1. The second-order valence-electron chi connectivity index (χ2n) is 5.59. The molecule has 1 aromatic heterocycles. The lowest BCUT2D eigenvalue weighted by molar-refractivity contribution is 0.405. The molecule has 0 radical (unpaired) electrons. The molecular weight excluding hydrogens is 328 g/mol. The molecule has 1 heterocycles. The standard InChI is InChI=1S/C20H22N4O2/c1-4-14-7-5-6-8-16(14)22-19-11-12-21-20(24-19)23-17-13-15(25-2)9-10-18(17)26-3/h5-13H,4H2,1-3H3,(H2,21,22,23,24). The average molecular weight is 350 g/mol. The van der Waals surface area contributed by atoms with Crippen molar-refractivity contribution in [3.8, 4) is 11.5 Å². The number of nitrogens with zero attached hydrogens (tertiary/aromatic N) is 2. The number of benzene rings is 2. The lowest BCUT2D eigenvalue weighted by Crippen LogP contribution is -2.03. The van der Waals surface area contributed by atoms with E-state index in [-0.39, 0.29) is 0 Å². The summed E-state index contributed by atoms with van der Waals surface area (Å²) in [6.45, 7) is 2.13. The average Bonchev–Trinajstić information content (AvgIpc) is 2.68. The first-order valence-electron chi connectivity index (χ1n) is 8.40. The van der Waals surface area contributed by atoms with Crippen LogP contribution in [-0.4, -0.2) is 24.2 Å². The summed E-state index contributed by atoms with van der Waals surface area (Å²) in [5.74, 6) is 2.59. The smallest absolute Gasteiger partial charge is 0.229 e. The SMILES string of the molecule is CCc1ccccc1Nc1ccnc(Nc2cc(OC)ccc2OC)n1. The number of ether oxygens (including phenoxy) is 2. The largest absolute Gasteiger partial charge is 0.497 e. The van der Waals surface area contributed by atoms with Crippen LogP contribution in [-0.2, 0) is 6.42 Å². The first-order valence-corrected chi connectivity index (χ1v) is 8.40. The Morgan fingerprint density at radius 3 is 2.54 bits per heavy atom. The van der Waals surface area contributed by atoms with E-state index in [1.165, 1.54) is 5.56 Å². The highest BCUT2D eigenvalue weighted by Crippen LogP contribution is 2.31. The Balaban J connectivity index is 1.84. The van der Waals surface area contributed by atoms with Crippen LogP contribution < -0.4 is 20.1 Å². The maximum absolute atomic E-state index is 5.38. The van der Waals surface area contributed by atoms with Gasteiger partial charge in [0.25, 0.3) is 0 Å². The van der Waals surface area contributed by atoms with Gasteiger partial charge in [-0.3, -0.25) is 0 Å². The van der Waals surface area contributed by atoms with Crippen molar-refractivity contribution < 1.29 is 9.47 Å². The molecule has 6 nitrogen and oxygen atoms in total. The molecule has 26 heavy (non-hydrogen) atoms. The quantitative estimate of drug-likeness (QED) is 0.652. The maximum Gasteiger partial charge on any atom is 0.229 e. The van der Waals surface area contributed by atoms with Crippen LogP contribution in [0.25, 0.3) is 0 Å². The molecule has 2 N–H and O–H groups in total. The minimum absolute atomic E-state index is 0.468. The molecule has 3 aromatic rings. The summed E-state index contributed by atoms with van der Waals surface area (Å²) in [7, 11) is 3.24. The molecule has 0 aliphatic carbocycles. The van der Waals surface area contributed by atoms with E-state index in [4.69, 9.17) is 9.47 Å². The molecule has 0 unspecified atom stereocenters. The van der Waals surface area contributed by atoms with E-state index in [1.54, 1.807) is 20.4 Å². The van der Waals surface area contributed by atoms with Crippen molar-refractivity contribution in [1.82, 2.24) is 9.97 Å². The van der Waals surface area contributed by atoms with Crippen molar-refractivity contribution in [3.63, 3.8) is 0 Å². The molecule has 134 valence electrons. The highest BCUT2D eigenvalue weighted by atomic mass is 16.5. The van der Waals surface area contributed by atoms with Crippen molar-refractivity contribution in [2.24, 2.45) is 0 Å². The summed E-state index contributed by atoms with van der Waals surface area (Å²) in [4.78, 5) is 8.83. The number of anilines is 4. The zero-order valence-electron chi connectivity index (χ0n) is 15.1. The van der Waals surface area contributed by atoms with Gasteiger partial charge in [0.05, 0.1) is 19.9 Å². The van der Waals surface area contributed by atoms with Crippen LogP contribution in [0.4, 0.5) is 23.1 Å². The molecule has 0 aliphatic rings. The van der Waals surface area contributed by atoms with E-state index in [2.05, 4.69) is 33.6 Å². The predicted molar refractivity (Wildman–Crippen MR) is 104 cm³/mol. The number of hydrogen-bond acceptors (Lipinski definition) is 6. The molecule has 0 aliphatic heterocycles. The van der Waals surface area contributed by atoms with Gasteiger partial charge in [0.15, 0.2) is 0 Å². The van der Waals surface area contributed by atoms with Gasteiger partial charge in [-0.15, -0.1) is 0 Å². The summed E-state index contributed by atoms with van der Waals surface area (Å²) >= 11 is 0. The molecule has 3 rings (SSSR count). The van der Waals surface area contributed by atoms with Gasteiger partial charge in [0, 0.05) is 18.0 Å². The minimum atomic E-state index is 0.468. The number of nitrogens with one attached hydrogen (secondary N) is 2. The first-order chi connectivity index (χ1) is 12.7. The number of hydrogen-bond donors (Lipinski definition) is 2. The van der Waals surface area contributed by atoms with Gasteiger partial charge in [0.2, 0.25) is 5.95 Å². The van der Waals surface area contributed by atoms with Crippen molar-refractivity contribution in [3.05, 3.63) is 60.3 Å². The fourth-order valence-corrected chi connectivity index (χ4v) is 2.61. The monoisotopic (exact) mass is 350 g/mol. The predicted octanol–water partition coefficient (Wildman–Crippen LogP) is 4.54. The molecule has 0 fully saturated rings. The zero-order chi connectivity index (χ0) is 18.4. The number of methoxy groups -OCH3 is 2. The summed E-state index contributed by atoms with van der Waals surface area (Å²) in [6, 6.07) is 15.5. The molecule has 0 amide bonds. The molecular formula is C20H22N4O2. The van der Waals surface area contributed by atoms with Crippen molar-refractivity contribution in [1.29, 1.82) is 0 Å². The van der Waals surface area contributed by atoms with Crippen LogP contribution in [0.2, 0.25) is 0 Å². The molecule has 0 spiro atoms. The van der Waals surface area contributed by atoms with Gasteiger partial charge >= 0.3 is 0 Å². The van der Waals surface area contributed by atoms with Crippen LogP contribution in [0.5, 0.6) is 11.5 Å². The summed E-state index contributed by atoms with van der Waals surface area (Å²) < 4.78 is 10.7. The number of aromatic nitrogens is 2. The molecule has 6 heteroatoms. The Labute approximate surface area is 153 Å². The van der Waals surface area contributed by atoms with Crippen molar-refractivity contribution >= 4 is 23.1 Å². The van der Waals surface area contributed by atoms with Crippen molar-refractivity contribution in [2.75, 3.05) is 24.9 Å². The lowest BCUT2D eigenvalue weighted by atomic mass is 10.1. The second kappa shape index (κ2) is 8.20. The first kappa shape index (κ1) is 17.5. The normalized spacial score (nSPS) is 10.3. The molecule has 0 saturated carbocycles. The van der Waals surface area contributed by atoms with E-state index in [9.17, 15) is 0 Å².